The number of benzene rings is 1. The molecule has 55 heavy (non-hydrogen) atoms. The highest BCUT2D eigenvalue weighted by Gasteiger charge is 2.53. The topological polar surface area (TPSA) is 217 Å². The summed E-state index contributed by atoms with van der Waals surface area (Å²) in [4.78, 5) is 63.3. The van der Waals surface area contributed by atoms with Gasteiger partial charge in [-0.2, -0.15) is 4.98 Å². The Balaban J connectivity index is 1.41. The maximum absolute atomic E-state index is 13.9. The van der Waals surface area contributed by atoms with Crippen molar-refractivity contribution in [2.75, 3.05) is 13.2 Å². The van der Waals surface area contributed by atoms with E-state index < -0.39 is 53.4 Å². The fourth-order valence-corrected chi connectivity index (χ4v) is 7.16. The number of aliphatic hydroxyl groups excluding tert-OH is 1. The van der Waals surface area contributed by atoms with E-state index in [0.29, 0.717) is 11.3 Å². The zero-order valence-corrected chi connectivity index (χ0v) is 31.8. The molecule has 5 aromatic rings. The number of hydrogen-bond donors (Lipinski definition) is 1. The molecule has 1 aromatic carbocycles. The highest BCUT2D eigenvalue weighted by Crippen LogP contribution is 2.41. The number of ether oxygens (including phenoxy) is 3. The van der Waals surface area contributed by atoms with Crippen LogP contribution in [0.2, 0.25) is 5.28 Å². The number of fused-ring (bicyclic) bond motifs is 1. The van der Waals surface area contributed by atoms with E-state index in [-0.39, 0.29) is 71.1 Å². The second-order valence-electron chi connectivity index (χ2n) is 13.9. The summed E-state index contributed by atoms with van der Waals surface area (Å²) in [6.45, 7) is 10.6. The summed E-state index contributed by atoms with van der Waals surface area (Å²) in [5, 5.41) is 10.4. The van der Waals surface area contributed by atoms with E-state index in [1.165, 1.54) is 24.7 Å². The molecule has 1 saturated heterocycles. The van der Waals surface area contributed by atoms with Crippen LogP contribution in [0.5, 0.6) is 5.75 Å². The molecule has 0 radical (unpaired) electrons. The van der Waals surface area contributed by atoms with E-state index in [1.807, 2.05) is 33.8 Å². The van der Waals surface area contributed by atoms with E-state index >= 15 is 0 Å². The Morgan fingerprint density at radius 3 is 2.38 bits per heavy atom. The van der Waals surface area contributed by atoms with Crippen LogP contribution in [0.15, 0.2) is 50.7 Å². The summed E-state index contributed by atoms with van der Waals surface area (Å²) in [5.74, 6) is 0.504. The number of nitrogens with zero attached hydrogens (tertiary/aromatic N) is 5. The van der Waals surface area contributed by atoms with Crippen LogP contribution >= 0.6 is 11.6 Å². The number of esters is 2. The van der Waals surface area contributed by atoms with Gasteiger partial charge in [-0.25, -0.2) is 14.6 Å². The maximum Gasteiger partial charge on any atom is 0.519 e. The lowest BCUT2D eigenvalue weighted by atomic mass is 9.78. The highest BCUT2D eigenvalue weighted by molar-refractivity contribution is 6.28. The lowest BCUT2D eigenvalue weighted by molar-refractivity contribution is -0.159. The summed E-state index contributed by atoms with van der Waals surface area (Å²) in [6, 6.07) is 2.78. The lowest BCUT2D eigenvalue weighted by Crippen LogP contribution is -2.47. The quantitative estimate of drug-likeness (QED) is 0.0879. The van der Waals surface area contributed by atoms with Crippen LogP contribution in [0.25, 0.3) is 11.2 Å². The van der Waals surface area contributed by atoms with Gasteiger partial charge in [0.05, 0.1) is 32.5 Å². The van der Waals surface area contributed by atoms with Crippen LogP contribution in [0.3, 0.4) is 0 Å². The average molecular weight is 780 g/mol. The van der Waals surface area contributed by atoms with Gasteiger partial charge in [-0.1, -0.05) is 25.8 Å². The molecule has 6 rings (SSSR count). The molecule has 3 atom stereocenters. The van der Waals surface area contributed by atoms with E-state index in [0.717, 1.165) is 11.1 Å². The summed E-state index contributed by atoms with van der Waals surface area (Å²) in [7, 11) is 0. The molecule has 5 heterocycles. The summed E-state index contributed by atoms with van der Waals surface area (Å²) >= 11 is 6.79. The first-order valence-electron chi connectivity index (χ1n) is 17.0. The fourth-order valence-electron chi connectivity index (χ4n) is 6.94. The molecule has 1 N–H and O–H groups in total. The van der Waals surface area contributed by atoms with Gasteiger partial charge in [0.15, 0.2) is 39.9 Å². The van der Waals surface area contributed by atoms with Gasteiger partial charge in [0.25, 0.3) is 0 Å². The summed E-state index contributed by atoms with van der Waals surface area (Å²) < 4.78 is 41.0. The molecule has 0 amide bonds. The minimum absolute atomic E-state index is 0.127. The van der Waals surface area contributed by atoms with Gasteiger partial charge >= 0.3 is 23.6 Å². The molecule has 1 unspecified atom stereocenters. The first-order valence-corrected chi connectivity index (χ1v) is 17.4. The van der Waals surface area contributed by atoms with Crippen LogP contribution < -0.4 is 21.9 Å². The molecule has 0 aliphatic carbocycles. The number of aromatic nitrogens is 4. The molecular weight excluding hydrogens is 742 g/mol. The highest BCUT2D eigenvalue weighted by atomic mass is 35.5. The van der Waals surface area contributed by atoms with E-state index in [1.54, 1.807) is 17.6 Å². The van der Waals surface area contributed by atoms with E-state index in [4.69, 9.17) is 49.9 Å². The normalized spacial score (nSPS) is 18.9. The van der Waals surface area contributed by atoms with Crippen molar-refractivity contribution < 1.29 is 46.6 Å². The third-order valence-corrected chi connectivity index (χ3v) is 9.67. The first-order chi connectivity index (χ1) is 26.0. The van der Waals surface area contributed by atoms with Crippen molar-refractivity contribution in [3.05, 3.63) is 90.2 Å². The molecular formula is C37H38ClN5O12. The predicted octanol–water partition coefficient (Wildman–Crippen LogP) is 3.50. The van der Waals surface area contributed by atoms with Crippen molar-refractivity contribution in [2.24, 2.45) is 4.99 Å². The molecule has 17 nitrogen and oxygen atoms in total. The minimum atomic E-state index is -1.75. The van der Waals surface area contributed by atoms with Crippen molar-refractivity contribution in [3.8, 4) is 18.1 Å². The van der Waals surface area contributed by atoms with Gasteiger partial charge in [0.2, 0.25) is 5.28 Å². The number of aryl methyl sites for hydroxylation is 4. The Morgan fingerprint density at radius 1 is 1.11 bits per heavy atom. The van der Waals surface area contributed by atoms with Gasteiger partial charge in [0.1, 0.15) is 29.9 Å². The maximum atomic E-state index is 13.9. The van der Waals surface area contributed by atoms with Crippen LogP contribution in [-0.4, -0.2) is 61.1 Å². The lowest BCUT2D eigenvalue weighted by Gasteiger charge is -2.32. The standard InChI is InChI=1S/C37H38ClN5O12/c1-9-37(16-44)30(55-27(46)12-36(7,8)28-19(3)10-18(2)11-24(28)52-22(6)45)23(15-49-37)43-17-40-29-31(39-13-25-20(4)50-34(47)53-25)42(33(38)41-32(29)43)14-26-21(5)51-35(48)54-26/h1,10-11,17,23,30,44H,12-16H2,2-8H3/t23?,30-,37+/m0/s1. The second-order valence-corrected chi connectivity index (χ2v) is 14.2. The Bertz CT molecular complexity index is 2540. The number of rotatable bonds is 11. The van der Waals surface area contributed by atoms with E-state index in [9.17, 15) is 24.3 Å². The molecule has 0 saturated carbocycles. The van der Waals surface area contributed by atoms with Gasteiger partial charge in [-0.3, -0.25) is 19.1 Å². The fraction of sp³-hybridized carbons (Fsp3) is 0.432. The third-order valence-electron chi connectivity index (χ3n) is 9.38. The summed E-state index contributed by atoms with van der Waals surface area (Å²) in [6.07, 6.45) is 5.90. The number of imidazole rings is 1. The van der Waals surface area contributed by atoms with Gasteiger partial charge in [0, 0.05) is 17.9 Å². The molecule has 0 bridgehead atoms. The van der Waals surface area contributed by atoms with E-state index in [2.05, 4.69) is 20.9 Å². The minimum Gasteiger partial charge on any atom is -0.456 e. The van der Waals surface area contributed by atoms with Crippen molar-refractivity contribution in [2.45, 2.75) is 91.1 Å². The van der Waals surface area contributed by atoms with Crippen molar-refractivity contribution in [1.29, 1.82) is 0 Å². The molecule has 1 aliphatic heterocycles. The molecule has 4 aromatic heterocycles. The number of terminal acetylenes is 1. The average Bonchev–Trinajstić information content (AvgIpc) is 3.83. The molecule has 0 spiro atoms. The smallest absolute Gasteiger partial charge is 0.456 e. The Hall–Kier alpha value is -5.70. The molecule has 1 fully saturated rings. The summed E-state index contributed by atoms with van der Waals surface area (Å²) in [5.41, 5.74) is 0.179. The van der Waals surface area contributed by atoms with Gasteiger partial charge < -0.3 is 41.6 Å². The first kappa shape index (κ1) is 39.0. The number of halogens is 1. The Morgan fingerprint density at radius 2 is 1.78 bits per heavy atom. The SMILES string of the molecule is C#C[C@]1(CO)OCC(n2cnc3c(=NCc4oc(=O)oc4C)n(Cc4oc(=O)oc4C)c(Cl)nc32)[C@@H]1OC(=O)CC(C)(C)c1c(C)cc(C)cc1OC(C)=O. The number of hydrogen-bond acceptors (Lipinski definition) is 15. The Labute approximate surface area is 317 Å². The predicted molar refractivity (Wildman–Crippen MR) is 191 cm³/mol. The van der Waals surface area contributed by atoms with Crippen molar-refractivity contribution in [3.63, 3.8) is 0 Å². The zero-order valence-electron chi connectivity index (χ0n) is 31.1. The van der Waals surface area contributed by atoms with Gasteiger partial charge in [-0.15, -0.1) is 6.42 Å². The van der Waals surface area contributed by atoms with Crippen molar-refractivity contribution >= 4 is 34.7 Å². The van der Waals surface area contributed by atoms with Crippen LogP contribution in [0, 0.1) is 40.0 Å². The van der Waals surface area contributed by atoms with Crippen LogP contribution in [0.1, 0.15) is 73.0 Å². The van der Waals surface area contributed by atoms with Crippen molar-refractivity contribution in [1.82, 2.24) is 19.1 Å². The van der Waals surface area contributed by atoms with Crippen LogP contribution in [-0.2, 0) is 37.6 Å². The second kappa shape index (κ2) is 14.9. The number of aliphatic hydroxyl groups is 1. The van der Waals surface area contributed by atoms with Crippen LogP contribution in [0.4, 0.5) is 0 Å². The number of carbonyl (C=O) groups excluding carboxylic acids is 2. The molecule has 290 valence electrons. The monoisotopic (exact) mass is 779 g/mol. The third kappa shape index (κ3) is 7.53. The number of carbonyl (C=O) groups is 2. The zero-order chi connectivity index (χ0) is 40.0. The molecule has 1 aliphatic rings. The largest absolute Gasteiger partial charge is 0.519 e. The van der Waals surface area contributed by atoms with Gasteiger partial charge in [-0.05, 0) is 56.5 Å². The Kier molecular flexibility index (Phi) is 10.5. The molecule has 18 heteroatoms.